The van der Waals surface area contributed by atoms with E-state index in [-0.39, 0.29) is 12.0 Å². The second-order valence-corrected chi connectivity index (χ2v) is 6.72. The van der Waals surface area contributed by atoms with Gasteiger partial charge < -0.3 is 14.4 Å². The van der Waals surface area contributed by atoms with Gasteiger partial charge in [0.05, 0.1) is 19.3 Å². The molecule has 3 rings (SSSR count). The summed E-state index contributed by atoms with van der Waals surface area (Å²) in [7, 11) is 0. The summed E-state index contributed by atoms with van der Waals surface area (Å²) in [5, 5.41) is 2.03. The molecule has 1 unspecified atom stereocenters. The lowest BCUT2D eigenvalue weighted by Gasteiger charge is -2.25. The van der Waals surface area contributed by atoms with Crippen molar-refractivity contribution in [2.45, 2.75) is 32.4 Å². The number of carbonyl (C=O) groups excluding carboxylic acids is 1. The van der Waals surface area contributed by atoms with Crippen LogP contribution in [-0.4, -0.2) is 41.7 Å². The van der Waals surface area contributed by atoms with E-state index < -0.39 is 0 Å². The Morgan fingerprint density at radius 1 is 1.46 bits per heavy atom. The molecule has 3 heterocycles. The number of nitrogens with zero attached hydrogens (tertiary/aromatic N) is 2. The Morgan fingerprint density at radius 2 is 2.38 bits per heavy atom. The molecule has 1 fully saturated rings. The Morgan fingerprint density at radius 3 is 3.08 bits per heavy atom. The molecule has 2 aromatic heterocycles. The van der Waals surface area contributed by atoms with Gasteiger partial charge in [-0.1, -0.05) is 6.07 Å². The van der Waals surface area contributed by atoms with E-state index in [1.54, 1.807) is 29.7 Å². The van der Waals surface area contributed by atoms with Gasteiger partial charge in [0.25, 0.3) is 5.91 Å². The van der Waals surface area contributed by atoms with Crippen molar-refractivity contribution in [2.24, 2.45) is 0 Å². The molecule has 0 aliphatic carbocycles. The third kappa shape index (κ3) is 4.13. The van der Waals surface area contributed by atoms with E-state index in [4.69, 9.17) is 9.47 Å². The maximum atomic E-state index is 13.1. The van der Waals surface area contributed by atoms with Crippen LogP contribution in [0.25, 0.3) is 0 Å². The van der Waals surface area contributed by atoms with Crippen LogP contribution in [0.15, 0.2) is 35.8 Å². The Hall–Kier alpha value is -1.92. The van der Waals surface area contributed by atoms with Crippen molar-refractivity contribution in [3.05, 3.63) is 46.3 Å². The van der Waals surface area contributed by atoms with Crippen LogP contribution < -0.4 is 4.74 Å². The van der Waals surface area contributed by atoms with E-state index in [0.717, 1.165) is 24.3 Å². The summed E-state index contributed by atoms with van der Waals surface area (Å²) in [6.07, 6.45) is 3.81. The van der Waals surface area contributed by atoms with Crippen LogP contribution in [0.3, 0.4) is 0 Å². The second-order valence-electron chi connectivity index (χ2n) is 5.69. The van der Waals surface area contributed by atoms with Crippen molar-refractivity contribution in [1.29, 1.82) is 0 Å². The van der Waals surface area contributed by atoms with Crippen molar-refractivity contribution in [3.63, 3.8) is 0 Å². The summed E-state index contributed by atoms with van der Waals surface area (Å²) in [6.45, 7) is 4.32. The van der Waals surface area contributed by atoms with Crippen molar-refractivity contribution >= 4 is 17.2 Å². The maximum Gasteiger partial charge on any atom is 0.259 e. The maximum absolute atomic E-state index is 13.1. The molecular formula is C18H22N2O3S. The van der Waals surface area contributed by atoms with Crippen LogP contribution in [0.5, 0.6) is 5.88 Å². The van der Waals surface area contributed by atoms with Gasteiger partial charge in [-0.25, -0.2) is 4.98 Å². The van der Waals surface area contributed by atoms with Gasteiger partial charge in [-0.3, -0.25) is 4.79 Å². The average Bonchev–Trinajstić information content (AvgIpc) is 3.28. The topological polar surface area (TPSA) is 51.7 Å². The second kappa shape index (κ2) is 8.26. The van der Waals surface area contributed by atoms with E-state index in [0.29, 0.717) is 31.1 Å². The fourth-order valence-electron chi connectivity index (χ4n) is 2.82. The minimum absolute atomic E-state index is 0.0598. The van der Waals surface area contributed by atoms with Crippen molar-refractivity contribution < 1.29 is 14.3 Å². The summed E-state index contributed by atoms with van der Waals surface area (Å²) < 4.78 is 11.3. The van der Waals surface area contributed by atoms with Crippen LogP contribution in [0.1, 0.15) is 35.0 Å². The third-order valence-corrected chi connectivity index (χ3v) is 4.81. The number of aromatic nitrogens is 1. The lowest BCUT2D eigenvalue weighted by atomic mass is 10.2. The Balaban J connectivity index is 1.81. The first-order valence-corrected chi connectivity index (χ1v) is 9.17. The van der Waals surface area contributed by atoms with Gasteiger partial charge in [-0.05, 0) is 43.3 Å². The minimum Gasteiger partial charge on any atom is -0.477 e. The van der Waals surface area contributed by atoms with Gasteiger partial charge >= 0.3 is 0 Å². The number of ether oxygens (including phenoxy) is 2. The molecule has 1 atom stereocenters. The number of carbonyl (C=O) groups is 1. The van der Waals surface area contributed by atoms with Crippen molar-refractivity contribution in [3.8, 4) is 5.88 Å². The predicted molar refractivity (Wildman–Crippen MR) is 93.4 cm³/mol. The number of amides is 1. The average molecular weight is 346 g/mol. The predicted octanol–water partition coefficient (Wildman–Crippen LogP) is 3.36. The SMILES string of the molecule is CCOc1ncccc1C(=O)N(Cc1cccs1)CC1CCCO1. The normalized spacial score (nSPS) is 17.0. The lowest BCUT2D eigenvalue weighted by Crippen LogP contribution is -2.37. The molecule has 1 aliphatic rings. The van der Waals surface area contributed by atoms with E-state index >= 15 is 0 Å². The highest BCUT2D eigenvalue weighted by Crippen LogP contribution is 2.22. The van der Waals surface area contributed by atoms with Gasteiger partial charge in [0, 0.05) is 24.2 Å². The molecule has 24 heavy (non-hydrogen) atoms. The quantitative estimate of drug-likeness (QED) is 0.771. The van der Waals surface area contributed by atoms with Crippen molar-refractivity contribution in [2.75, 3.05) is 19.8 Å². The van der Waals surface area contributed by atoms with Crippen LogP contribution in [0.4, 0.5) is 0 Å². The molecule has 0 bridgehead atoms. The molecule has 0 saturated carbocycles. The molecular weight excluding hydrogens is 324 g/mol. The third-order valence-electron chi connectivity index (χ3n) is 3.94. The number of hydrogen-bond acceptors (Lipinski definition) is 5. The first-order chi connectivity index (χ1) is 11.8. The molecule has 6 heteroatoms. The molecule has 128 valence electrons. The zero-order chi connectivity index (χ0) is 16.8. The lowest BCUT2D eigenvalue weighted by molar-refractivity contribution is 0.0506. The summed E-state index contributed by atoms with van der Waals surface area (Å²) >= 11 is 1.65. The van der Waals surface area contributed by atoms with E-state index in [1.165, 1.54) is 0 Å². The van der Waals surface area contributed by atoms with Gasteiger partial charge in [0.2, 0.25) is 5.88 Å². The van der Waals surface area contributed by atoms with Crippen LogP contribution >= 0.6 is 11.3 Å². The zero-order valence-corrected chi connectivity index (χ0v) is 14.6. The van der Waals surface area contributed by atoms with Crippen LogP contribution in [0.2, 0.25) is 0 Å². The largest absolute Gasteiger partial charge is 0.477 e. The molecule has 0 aromatic carbocycles. The number of rotatable bonds is 7. The highest BCUT2D eigenvalue weighted by Gasteiger charge is 2.26. The molecule has 1 aliphatic heterocycles. The van der Waals surface area contributed by atoms with E-state index in [1.807, 2.05) is 29.3 Å². The molecule has 0 N–H and O–H groups in total. The summed E-state index contributed by atoms with van der Waals surface area (Å²) in [4.78, 5) is 20.3. The highest BCUT2D eigenvalue weighted by molar-refractivity contribution is 7.09. The van der Waals surface area contributed by atoms with Gasteiger partial charge in [0.1, 0.15) is 5.56 Å². The van der Waals surface area contributed by atoms with Gasteiger partial charge in [-0.2, -0.15) is 0 Å². The number of hydrogen-bond donors (Lipinski definition) is 0. The highest BCUT2D eigenvalue weighted by atomic mass is 32.1. The summed E-state index contributed by atoms with van der Waals surface area (Å²) in [5.41, 5.74) is 0.508. The molecule has 1 amide bonds. The summed E-state index contributed by atoms with van der Waals surface area (Å²) in [5.74, 6) is 0.337. The summed E-state index contributed by atoms with van der Waals surface area (Å²) in [6, 6.07) is 7.60. The molecule has 1 saturated heterocycles. The Labute approximate surface area is 146 Å². The van der Waals surface area contributed by atoms with Gasteiger partial charge in [-0.15, -0.1) is 11.3 Å². The number of thiophene rings is 1. The smallest absolute Gasteiger partial charge is 0.259 e. The Kier molecular flexibility index (Phi) is 5.82. The first-order valence-electron chi connectivity index (χ1n) is 8.29. The zero-order valence-electron chi connectivity index (χ0n) is 13.8. The molecule has 0 radical (unpaired) electrons. The standard InChI is InChI=1S/C18H22N2O3S/c1-2-22-17-16(8-3-9-19-17)18(21)20(12-14-6-4-10-23-14)13-15-7-5-11-24-15/h3,5,7-9,11,14H,2,4,6,10,12-13H2,1H3. The van der Waals surface area contributed by atoms with E-state index in [2.05, 4.69) is 4.98 Å². The number of pyridine rings is 1. The first kappa shape index (κ1) is 16.9. The van der Waals surface area contributed by atoms with Crippen LogP contribution in [-0.2, 0) is 11.3 Å². The molecule has 5 nitrogen and oxygen atoms in total. The monoisotopic (exact) mass is 346 g/mol. The molecule has 0 spiro atoms. The Bertz CT molecular complexity index is 654. The fourth-order valence-corrected chi connectivity index (χ4v) is 3.54. The fraction of sp³-hybridized carbons (Fsp3) is 0.444. The van der Waals surface area contributed by atoms with Gasteiger partial charge in [0.15, 0.2) is 0 Å². The minimum atomic E-state index is -0.0598. The van der Waals surface area contributed by atoms with E-state index in [9.17, 15) is 4.79 Å². The molecule has 2 aromatic rings. The van der Waals surface area contributed by atoms with Crippen molar-refractivity contribution in [1.82, 2.24) is 9.88 Å². The van der Waals surface area contributed by atoms with Crippen LogP contribution in [0, 0.1) is 0 Å².